The third kappa shape index (κ3) is 4.26. The first-order valence-electron chi connectivity index (χ1n) is 7.38. The molecule has 1 aliphatic carbocycles. The number of aliphatic hydroxyl groups is 1. The fourth-order valence-corrected chi connectivity index (χ4v) is 3.43. The summed E-state index contributed by atoms with van der Waals surface area (Å²) < 4.78 is 27.8. The maximum atomic E-state index is 13.9. The molecule has 0 heterocycles. The van der Waals surface area contributed by atoms with E-state index < -0.39 is 17.7 Å². The van der Waals surface area contributed by atoms with E-state index in [-0.39, 0.29) is 16.5 Å². The summed E-state index contributed by atoms with van der Waals surface area (Å²) in [5.41, 5.74) is -0.0134. The number of halogens is 3. The Morgan fingerprint density at radius 1 is 1.15 bits per heavy atom. The van der Waals surface area contributed by atoms with Crippen molar-refractivity contribution in [1.29, 1.82) is 0 Å². The standard InChI is InChI=1S/C16H21BrF2O/c17-14-7-8-15(18)13(16(14)19)10-12(20)9-11-5-3-1-2-4-6-11/h7-8,11-12,20H,1-6,9-10H2. The van der Waals surface area contributed by atoms with Crippen molar-refractivity contribution in [3.05, 3.63) is 33.8 Å². The van der Waals surface area contributed by atoms with Crippen LogP contribution in [0, 0.1) is 17.6 Å². The predicted octanol–water partition coefficient (Wildman–Crippen LogP) is 4.99. The maximum Gasteiger partial charge on any atom is 0.143 e. The molecule has 2 rings (SSSR count). The second kappa shape index (κ2) is 7.51. The van der Waals surface area contributed by atoms with Crippen LogP contribution >= 0.6 is 15.9 Å². The van der Waals surface area contributed by atoms with E-state index in [1.165, 1.54) is 37.8 Å². The van der Waals surface area contributed by atoms with Crippen molar-refractivity contribution in [3.8, 4) is 0 Å². The first kappa shape index (κ1) is 15.9. The summed E-state index contributed by atoms with van der Waals surface area (Å²) in [6.07, 6.45) is 7.22. The largest absolute Gasteiger partial charge is 0.393 e. The van der Waals surface area contributed by atoms with Gasteiger partial charge in [-0.1, -0.05) is 38.5 Å². The van der Waals surface area contributed by atoms with Crippen LogP contribution in [0.15, 0.2) is 16.6 Å². The van der Waals surface area contributed by atoms with Gasteiger partial charge >= 0.3 is 0 Å². The molecule has 1 unspecified atom stereocenters. The van der Waals surface area contributed by atoms with Gasteiger partial charge in [0.2, 0.25) is 0 Å². The highest BCUT2D eigenvalue weighted by molar-refractivity contribution is 9.10. The molecule has 0 aromatic heterocycles. The van der Waals surface area contributed by atoms with E-state index in [4.69, 9.17) is 0 Å². The molecular formula is C16H21BrF2O. The Hall–Kier alpha value is -0.480. The molecule has 0 radical (unpaired) electrons. The molecular weight excluding hydrogens is 326 g/mol. The van der Waals surface area contributed by atoms with E-state index in [1.54, 1.807) is 0 Å². The van der Waals surface area contributed by atoms with Crippen LogP contribution in [0.3, 0.4) is 0 Å². The number of hydrogen-bond donors (Lipinski definition) is 1. The summed E-state index contributed by atoms with van der Waals surface area (Å²) in [7, 11) is 0. The van der Waals surface area contributed by atoms with E-state index in [0.717, 1.165) is 12.8 Å². The number of rotatable bonds is 4. The van der Waals surface area contributed by atoms with Gasteiger partial charge in [0.1, 0.15) is 11.6 Å². The summed E-state index contributed by atoms with van der Waals surface area (Å²) in [4.78, 5) is 0. The minimum atomic E-state index is -0.670. The van der Waals surface area contributed by atoms with Gasteiger partial charge in [0.05, 0.1) is 10.6 Å². The van der Waals surface area contributed by atoms with Gasteiger partial charge < -0.3 is 5.11 Å². The van der Waals surface area contributed by atoms with Crippen molar-refractivity contribution in [1.82, 2.24) is 0 Å². The van der Waals surface area contributed by atoms with Crippen LogP contribution in [0.1, 0.15) is 50.5 Å². The van der Waals surface area contributed by atoms with Crippen LogP contribution < -0.4 is 0 Å². The summed E-state index contributed by atoms with van der Waals surface area (Å²) >= 11 is 3.06. The molecule has 1 N–H and O–H groups in total. The quantitative estimate of drug-likeness (QED) is 0.601. The molecule has 0 amide bonds. The molecule has 0 aliphatic heterocycles. The molecule has 4 heteroatoms. The van der Waals surface area contributed by atoms with Crippen molar-refractivity contribution in [3.63, 3.8) is 0 Å². The Morgan fingerprint density at radius 3 is 2.45 bits per heavy atom. The minimum Gasteiger partial charge on any atom is -0.393 e. The first-order chi connectivity index (χ1) is 9.58. The molecule has 112 valence electrons. The molecule has 1 aliphatic rings. The topological polar surface area (TPSA) is 20.2 Å². The average Bonchev–Trinajstić information content (AvgIpc) is 2.68. The lowest BCUT2D eigenvalue weighted by Crippen LogP contribution is -2.18. The summed E-state index contributed by atoms with van der Waals surface area (Å²) in [6.45, 7) is 0. The average molecular weight is 347 g/mol. The second-order valence-electron chi connectivity index (χ2n) is 5.77. The Kier molecular flexibility index (Phi) is 5.97. The maximum absolute atomic E-state index is 13.9. The van der Waals surface area contributed by atoms with Crippen LogP contribution in [-0.4, -0.2) is 11.2 Å². The van der Waals surface area contributed by atoms with Crippen LogP contribution in [0.25, 0.3) is 0 Å². The summed E-state index contributed by atoms with van der Waals surface area (Å²) in [5.74, 6) is -0.679. The minimum absolute atomic E-state index is 0.0134. The monoisotopic (exact) mass is 346 g/mol. The highest BCUT2D eigenvalue weighted by Gasteiger charge is 2.20. The van der Waals surface area contributed by atoms with Gasteiger partial charge in [-0.3, -0.25) is 0 Å². The Labute approximate surface area is 127 Å². The molecule has 1 atom stereocenters. The zero-order valence-corrected chi connectivity index (χ0v) is 13.1. The smallest absolute Gasteiger partial charge is 0.143 e. The van der Waals surface area contributed by atoms with Gasteiger partial charge in [-0.05, 0) is 40.4 Å². The third-order valence-electron chi connectivity index (χ3n) is 4.16. The summed E-state index contributed by atoms with van der Waals surface area (Å²) in [5, 5.41) is 10.1. The molecule has 0 saturated heterocycles. The number of aliphatic hydroxyl groups excluding tert-OH is 1. The van der Waals surface area contributed by atoms with Crippen molar-refractivity contribution in [2.45, 2.75) is 57.5 Å². The van der Waals surface area contributed by atoms with Gasteiger partial charge in [-0.2, -0.15) is 0 Å². The zero-order chi connectivity index (χ0) is 14.5. The number of hydrogen-bond acceptors (Lipinski definition) is 1. The molecule has 1 aromatic carbocycles. The van der Waals surface area contributed by atoms with E-state index in [9.17, 15) is 13.9 Å². The highest BCUT2D eigenvalue weighted by atomic mass is 79.9. The van der Waals surface area contributed by atoms with Crippen molar-refractivity contribution >= 4 is 15.9 Å². The molecule has 1 aromatic rings. The second-order valence-corrected chi connectivity index (χ2v) is 6.63. The molecule has 1 nitrogen and oxygen atoms in total. The van der Waals surface area contributed by atoms with E-state index in [1.807, 2.05) is 0 Å². The Bertz CT molecular complexity index is 442. The molecule has 1 saturated carbocycles. The van der Waals surface area contributed by atoms with E-state index in [0.29, 0.717) is 12.3 Å². The Morgan fingerprint density at radius 2 is 1.80 bits per heavy atom. The fraction of sp³-hybridized carbons (Fsp3) is 0.625. The lowest BCUT2D eigenvalue weighted by Gasteiger charge is -2.19. The lowest BCUT2D eigenvalue weighted by molar-refractivity contribution is 0.135. The van der Waals surface area contributed by atoms with Gasteiger partial charge in [0, 0.05) is 12.0 Å². The van der Waals surface area contributed by atoms with Crippen LogP contribution in [0.5, 0.6) is 0 Å². The number of benzene rings is 1. The third-order valence-corrected chi connectivity index (χ3v) is 4.77. The van der Waals surface area contributed by atoms with Crippen LogP contribution in [-0.2, 0) is 6.42 Å². The first-order valence-corrected chi connectivity index (χ1v) is 8.17. The molecule has 0 bridgehead atoms. The van der Waals surface area contributed by atoms with Crippen molar-refractivity contribution < 1.29 is 13.9 Å². The normalized spacial score (nSPS) is 18.8. The van der Waals surface area contributed by atoms with Crippen LogP contribution in [0.2, 0.25) is 0 Å². The lowest BCUT2D eigenvalue weighted by atomic mass is 9.91. The SMILES string of the molecule is OC(Cc1c(F)ccc(Br)c1F)CC1CCCCCC1. The van der Waals surface area contributed by atoms with E-state index in [2.05, 4.69) is 15.9 Å². The van der Waals surface area contributed by atoms with Gasteiger partial charge in [-0.25, -0.2) is 8.78 Å². The summed E-state index contributed by atoms with van der Waals surface area (Å²) in [6, 6.07) is 2.59. The fourth-order valence-electron chi connectivity index (χ4n) is 3.06. The van der Waals surface area contributed by atoms with Gasteiger partial charge in [-0.15, -0.1) is 0 Å². The predicted molar refractivity (Wildman–Crippen MR) is 79.6 cm³/mol. The van der Waals surface area contributed by atoms with Crippen LogP contribution in [0.4, 0.5) is 8.78 Å². The molecule has 20 heavy (non-hydrogen) atoms. The van der Waals surface area contributed by atoms with E-state index >= 15 is 0 Å². The van der Waals surface area contributed by atoms with Crippen molar-refractivity contribution in [2.75, 3.05) is 0 Å². The molecule has 0 spiro atoms. The van der Waals surface area contributed by atoms with Gasteiger partial charge in [0.15, 0.2) is 0 Å². The zero-order valence-electron chi connectivity index (χ0n) is 11.5. The Balaban J connectivity index is 1.97. The highest BCUT2D eigenvalue weighted by Crippen LogP contribution is 2.28. The molecule has 1 fully saturated rings. The van der Waals surface area contributed by atoms with Crippen molar-refractivity contribution in [2.24, 2.45) is 5.92 Å². The van der Waals surface area contributed by atoms with Gasteiger partial charge in [0.25, 0.3) is 0 Å².